The molecule has 0 heterocycles. The van der Waals surface area contributed by atoms with Crippen molar-refractivity contribution in [2.45, 2.75) is 0 Å². The third kappa shape index (κ3) is 4.24. The first-order valence-electron chi connectivity index (χ1n) is 4.63. The minimum absolute atomic E-state index is 0.220. The van der Waals surface area contributed by atoms with Crippen LogP contribution in [0.3, 0.4) is 0 Å². The van der Waals surface area contributed by atoms with Crippen molar-refractivity contribution >= 4 is 35.1 Å². The van der Waals surface area contributed by atoms with E-state index >= 15 is 0 Å². The van der Waals surface area contributed by atoms with Gasteiger partial charge in [-0.25, -0.2) is 9.59 Å². The number of benzene rings is 1. The summed E-state index contributed by atoms with van der Waals surface area (Å²) in [5.74, 6) is -1.34. The predicted molar refractivity (Wildman–Crippen MR) is 67.3 cm³/mol. The highest BCUT2D eigenvalue weighted by atomic mass is 35.5. The molecule has 6 heteroatoms. The second kappa shape index (κ2) is 6.23. The fourth-order valence-electron chi connectivity index (χ4n) is 1.06. The lowest BCUT2D eigenvalue weighted by atomic mass is 10.1. The predicted octanol–water partition coefficient (Wildman–Crippen LogP) is 3.42. The first-order valence-corrected chi connectivity index (χ1v) is 5.39. The Labute approximate surface area is 113 Å². The number of carbonyl (C=O) groups excluding carboxylic acids is 2. The Morgan fingerprint density at radius 1 is 0.833 bits per heavy atom. The molecule has 0 aromatic heterocycles. The Hall–Kier alpha value is -1.78. The molecule has 1 rings (SSSR count). The summed E-state index contributed by atoms with van der Waals surface area (Å²) in [5.41, 5.74) is 0.441. The number of ether oxygens (including phenoxy) is 2. The number of carbonyl (C=O) groups is 2. The van der Waals surface area contributed by atoms with Crippen molar-refractivity contribution in [3.05, 3.63) is 59.0 Å². The summed E-state index contributed by atoms with van der Waals surface area (Å²) in [5, 5.41) is -0.469. The quantitative estimate of drug-likeness (QED) is 0.629. The molecule has 0 saturated carbocycles. The third-order valence-electron chi connectivity index (χ3n) is 1.76. The van der Waals surface area contributed by atoms with Gasteiger partial charge in [-0.2, -0.15) is 0 Å². The van der Waals surface area contributed by atoms with E-state index in [-0.39, 0.29) is 21.6 Å². The lowest BCUT2D eigenvalue weighted by Gasteiger charge is -2.03. The second-order valence-electron chi connectivity index (χ2n) is 3.07. The van der Waals surface area contributed by atoms with E-state index in [4.69, 9.17) is 23.2 Å². The van der Waals surface area contributed by atoms with Gasteiger partial charge in [-0.3, -0.25) is 0 Å². The number of esters is 2. The molecule has 1 aromatic carbocycles. The Morgan fingerprint density at radius 3 is 1.33 bits per heavy atom. The summed E-state index contributed by atoms with van der Waals surface area (Å²) >= 11 is 10.7. The zero-order valence-electron chi connectivity index (χ0n) is 9.11. The minimum atomic E-state index is -0.670. The smallest absolute Gasteiger partial charge is 0.344 e. The van der Waals surface area contributed by atoms with Gasteiger partial charge in [-0.05, 0) is 60.6 Å². The van der Waals surface area contributed by atoms with Crippen LogP contribution in [0.1, 0.15) is 20.7 Å². The Bertz CT molecular complexity index is 458. The van der Waals surface area contributed by atoms with Gasteiger partial charge >= 0.3 is 11.9 Å². The lowest BCUT2D eigenvalue weighted by Crippen LogP contribution is -2.05. The van der Waals surface area contributed by atoms with Crippen LogP contribution in [0.25, 0.3) is 0 Å². The summed E-state index contributed by atoms with van der Waals surface area (Å²) in [6.07, 6.45) is 0. The van der Waals surface area contributed by atoms with Gasteiger partial charge < -0.3 is 9.47 Å². The molecule has 0 aliphatic rings. The molecule has 0 N–H and O–H groups in total. The molecule has 94 valence electrons. The topological polar surface area (TPSA) is 52.6 Å². The van der Waals surface area contributed by atoms with Gasteiger partial charge in [-0.15, -0.1) is 0 Å². The Morgan fingerprint density at radius 2 is 1.11 bits per heavy atom. The van der Waals surface area contributed by atoms with Crippen molar-refractivity contribution in [3.8, 4) is 0 Å². The highest BCUT2D eigenvalue weighted by Crippen LogP contribution is 2.12. The van der Waals surface area contributed by atoms with E-state index in [1.54, 1.807) is 0 Å². The molecule has 0 unspecified atom stereocenters. The van der Waals surface area contributed by atoms with Crippen molar-refractivity contribution in [1.82, 2.24) is 0 Å². The fourth-order valence-corrected chi connectivity index (χ4v) is 1.20. The van der Waals surface area contributed by atoms with Crippen LogP contribution in [0.4, 0.5) is 0 Å². The molecule has 0 aliphatic carbocycles. The largest absolute Gasteiger partial charge is 0.411 e. The Balaban J connectivity index is 2.79. The molecule has 0 bridgehead atoms. The van der Waals surface area contributed by atoms with Gasteiger partial charge in [0.15, 0.2) is 10.4 Å². The average molecular weight is 287 g/mol. The van der Waals surface area contributed by atoms with E-state index in [1.807, 2.05) is 0 Å². The first-order chi connectivity index (χ1) is 8.40. The van der Waals surface area contributed by atoms with E-state index in [1.165, 1.54) is 24.3 Å². The van der Waals surface area contributed by atoms with Gasteiger partial charge in [0.2, 0.25) is 0 Å². The van der Waals surface area contributed by atoms with Crippen LogP contribution in [0, 0.1) is 0 Å². The van der Waals surface area contributed by atoms with E-state index in [0.717, 1.165) is 0 Å². The van der Waals surface area contributed by atoms with E-state index in [0.29, 0.717) is 0 Å². The zero-order valence-corrected chi connectivity index (χ0v) is 10.6. The molecular weight excluding hydrogens is 279 g/mol. The van der Waals surface area contributed by atoms with Crippen LogP contribution < -0.4 is 0 Å². The molecular formula is C12H8Cl2O4. The van der Waals surface area contributed by atoms with E-state index < -0.39 is 11.9 Å². The molecule has 0 aliphatic heterocycles. The van der Waals surface area contributed by atoms with Crippen molar-refractivity contribution in [1.29, 1.82) is 0 Å². The highest BCUT2D eigenvalue weighted by molar-refractivity contribution is 6.29. The number of hydrogen-bond donors (Lipinski definition) is 0. The van der Waals surface area contributed by atoms with Crippen LogP contribution in [0.15, 0.2) is 47.9 Å². The molecule has 0 saturated heterocycles. The van der Waals surface area contributed by atoms with Crippen molar-refractivity contribution in [2.75, 3.05) is 0 Å². The number of hydrogen-bond acceptors (Lipinski definition) is 4. The molecule has 4 nitrogen and oxygen atoms in total. The first kappa shape index (κ1) is 14.3. The highest BCUT2D eigenvalue weighted by Gasteiger charge is 2.12. The average Bonchev–Trinajstić information content (AvgIpc) is 2.27. The maximum atomic E-state index is 11.4. The zero-order chi connectivity index (χ0) is 13.7. The van der Waals surface area contributed by atoms with Gasteiger partial charge in [-0.1, -0.05) is 0 Å². The van der Waals surface area contributed by atoms with Gasteiger partial charge in [0.05, 0.1) is 11.1 Å². The third-order valence-corrected chi connectivity index (χ3v) is 1.92. The van der Waals surface area contributed by atoms with Crippen LogP contribution in [0.5, 0.6) is 0 Å². The molecule has 0 fully saturated rings. The molecule has 0 radical (unpaired) electrons. The molecule has 0 spiro atoms. The van der Waals surface area contributed by atoms with E-state index in [2.05, 4.69) is 22.6 Å². The molecule has 0 amide bonds. The van der Waals surface area contributed by atoms with Gasteiger partial charge in [0.25, 0.3) is 0 Å². The summed E-state index contributed by atoms with van der Waals surface area (Å²) in [6, 6.07) is 5.54. The van der Waals surface area contributed by atoms with Crippen LogP contribution in [0.2, 0.25) is 0 Å². The summed E-state index contributed by atoms with van der Waals surface area (Å²) < 4.78 is 9.16. The van der Waals surface area contributed by atoms with Crippen LogP contribution >= 0.6 is 23.2 Å². The van der Waals surface area contributed by atoms with Crippen LogP contribution in [-0.2, 0) is 9.47 Å². The van der Waals surface area contributed by atoms with Gasteiger partial charge in [0.1, 0.15) is 0 Å². The van der Waals surface area contributed by atoms with Crippen molar-refractivity contribution in [2.24, 2.45) is 0 Å². The molecule has 18 heavy (non-hydrogen) atoms. The Kier molecular flexibility index (Phi) is 4.95. The van der Waals surface area contributed by atoms with Crippen molar-refractivity contribution in [3.63, 3.8) is 0 Å². The monoisotopic (exact) mass is 286 g/mol. The van der Waals surface area contributed by atoms with Gasteiger partial charge in [0, 0.05) is 0 Å². The fraction of sp³-hybridized carbons (Fsp3) is 0. The molecule has 1 aromatic rings. The summed E-state index contributed by atoms with van der Waals surface area (Å²) in [6.45, 7) is 6.45. The van der Waals surface area contributed by atoms with E-state index in [9.17, 15) is 9.59 Å². The standard InChI is InChI=1S/C12H8Cl2O4/c1-7(13)17-11(15)9-3-5-10(6-4-9)12(16)18-8(2)14/h3-6H,1-2H2. The summed E-state index contributed by atoms with van der Waals surface area (Å²) in [4.78, 5) is 22.8. The number of rotatable bonds is 4. The van der Waals surface area contributed by atoms with Crippen LogP contribution in [-0.4, -0.2) is 11.9 Å². The SMILES string of the molecule is C=C(Cl)OC(=O)c1ccc(C(=O)OC(=C)Cl)cc1. The minimum Gasteiger partial charge on any atom is -0.411 e. The maximum absolute atomic E-state index is 11.4. The number of halogens is 2. The molecule has 0 atom stereocenters. The normalized spacial score (nSPS) is 9.44. The van der Waals surface area contributed by atoms with Crippen molar-refractivity contribution < 1.29 is 19.1 Å². The second-order valence-corrected chi connectivity index (χ2v) is 3.91. The lowest BCUT2D eigenvalue weighted by molar-refractivity contribution is 0.0636. The summed E-state index contributed by atoms with van der Waals surface area (Å²) in [7, 11) is 0. The maximum Gasteiger partial charge on any atom is 0.344 e.